The van der Waals surface area contributed by atoms with Gasteiger partial charge in [0.1, 0.15) is 0 Å². The van der Waals surface area contributed by atoms with Crippen molar-refractivity contribution in [3.8, 4) is 0 Å². The van der Waals surface area contributed by atoms with Gasteiger partial charge in [-0.05, 0) is 34.7 Å². The minimum Gasteiger partial charge on any atom is -0.289 e. The maximum atomic E-state index is 13.4. The van der Waals surface area contributed by atoms with Crippen molar-refractivity contribution in [2.75, 3.05) is 0 Å². The Morgan fingerprint density at radius 3 is 2.13 bits per heavy atom. The first-order valence-corrected chi connectivity index (χ1v) is 10.8. The Hall–Kier alpha value is -3.05. The number of ketones is 2. The van der Waals surface area contributed by atoms with Gasteiger partial charge < -0.3 is 0 Å². The van der Waals surface area contributed by atoms with Crippen molar-refractivity contribution >= 4 is 40.6 Å². The highest BCUT2D eigenvalue weighted by atomic mass is 35.5. The van der Waals surface area contributed by atoms with E-state index in [9.17, 15) is 9.59 Å². The maximum absolute atomic E-state index is 13.4. The molecule has 0 bridgehead atoms. The summed E-state index contributed by atoms with van der Waals surface area (Å²) in [6.07, 6.45) is 0. The molecule has 7 heteroatoms. The molecule has 154 valence electrons. The molecule has 0 unspecified atom stereocenters. The van der Waals surface area contributed by atoms with Crippen LogP contribution in [0.4, 0.5) is 5.69 Å². The molecule has 0 N–H and O–H groups in total. The Balaban J connectivity index is 1.91. The lowest BCUT2D eigenvalue weighted by Crippen LogP contribution is -2.21. The zero-order chi connectivity index (χ0) is 22.3. The molecule has 0 atom stereocenters. The first-order valence-electron chi connectivity index (χ1n) is 9.61. The van der Waals surface area contributed by atoms with Crippen molar-refractivity contribution in [1.29, 1.82) is 0 Å². The van der Waals surface area contributed by atoms with E-state index in [1.165, 1.54) is 23.4 Å². The Labute approximate surface area is 189 Å². The van der Waals surface area contributed by atoms with Crippen molar-refractivity contribution in [1.82, 2.24) is 0 Å². The molecule has 0 heterocycles. The lowest BCUT2D eigenvalue weighted by atomic mass is 9.84. The van der Waals surface area contributed by atoms with E-state index in [1.807, 2.05) is 24.3 Å². The molecular weight excluding hydrogens is 430 g/mol. The Morgan fingerprint density at radius 1 is 0.935 bits per heavy atom. The molecule has 1 aliphatic carbocycles. The van der Waals surface area contributed by atoms with Crippen LogP contribution in [-0.4, -0.2) is 11.6 Å². The lowest BCUT2D eigenvalue weighted by Gasteiger charge is -2.22. The normalized spacial score (nSPS) is 12.8. The summed E-state index contributed by atoms with van der Waals surface area (Å²) in [5.74, 6) is -0.561. The number of nitrogens with zero attached hydrogens (tertiary/aromatic N) is 3. The first kappa shape index (κ1) is 21.2. The molecule has 0 radical (unpaired) electrons. The van der Waals surface area contributed by atoms with Crippen LogP contribution in [0.3, 0.4) is 0 Å². The Morgan fingerprint density at radius 2 is 1.55 bits per heavy atom. The molecule has 3 aromatic carbocycles. The standard InChI is InChI=1S/C24H18ClN3O2S/c1-24(2,3)13-8-10-14(11-9-13)31-23-19-17(12-18(25)20(23)27-28-26)21(29)15-6-4-5-7-16(15)22(19)30/h4-12H,1-3H3. The van der Waals surface area contributed by atoms with Gasteiger partial charge in [-0.2, -0.15) is 0 Å². The fourth-order valence-corrected chi connectivity index (χ4v) is 4.92. The van der Waals surface area contributed by atoms with Crippen LogP contribution in [-0.2, 0) is 5.41 Å². The topological polar surface area (TPSA) is 82.9 Å². The average Bonchev–Trinajstić information content (AvgIpc) is 2.74. The fourth-order valence-electron chi connectivity index (χ4n) is 3.56. The van der Waals surface area contributed by atoms with Gasteiger partial charge in [0, 0.05) is 37.0 Å². The SMILES string of the molecule is CC(C)(C)c1ccc(Sc2c(N=[N+]=[N-])c(Cl)cc3c2C(=O)c2ccccc2C3=O)cc1. The van der Waals surface area contributed by atoms with Gasteiger partial charge in [-0.15, -0.1) is 0 Å². The number of hydrogen-bond acceptors (Lipinski definition) is 4. The van der Waals surface area contributed by atoms with Gasteiger partial charge >= 0.3 is 0 Å². The number of azide groups is 1. The van der Waals surface area contributed by atoms with E-state index >= 15 is 0 Å². The van der Waals surface area contributed by atoms with Gasteiger partial charge in [0.05, 0.1) is 10.7 Å². The zero-order valence-electron chi connectivity index (χ0n) is 17.1. The number of rotatable bonds is 3. The molecule has 0 fully saturated rings. The molecule has 0 spiro atoms. The van der Waals surface area contributed by atoms with E-state index < -0.39 is 0 Å². The smallest absolute Gasteiger partial charge is 0.195 e. The van der Waals surface area contributed by atoms with E-state index in [4.69, 9.17) is 17.1 Å². The van der Waals surface area contributed by atoms with E-state index in [1.54, 1.807) is 24.3 Å². The van der Waals surface area contributed by atoms with Gasteiger partial charge in [0.15, 0.2) is 11.6 Å². The van der Waals surface area contributed by atoms with E-state index in [-0.39, 0.29) is 38.8 Å². The largest absolute Gasteiger partial charge is 0.289 e. The van der Waals surface area contributed by atoms with Crippen molar-refractivity contribution in [3.63, 3.8) is 0 Å². The number of fused-ring (bicyclic) bond motifs is 2. The molecule has 0 aliphatic heterocycles. The van der Waals surface area contributed by atoms with Gasteiger partial charge in [-0.1, -0.05) is 85.6 Å². The molecular formula is C24H18ClN3O2S. The van der Waals surface area contributed by atoms with Crippen molar-refractivity contribution < 1.29 is 9.59 Å². The lowest BCUT2D eigenvalue weighted by molar-refractivity contribution is 0.0977. The summed E-state index contributed by atoms with van der Waals surface area (Å²) in [6, 6.07) is 16.1. The quantitative estimate of drug-likeness (QED) is 0.185. The van der Waals surface area contributed by atoms with Gasteiger partial charge in [0.25, 0.3) is 0 Å². The first-order chi connectivity index (χ1) is 14.7. The molecule has 31 heavy (non-hydrogen) atoms. The summed E-state index contributed by atoms with van der Waals surface area (Å²) in [4.78, 5) is 30.6. The second kappa shape index (κ2) is 7.89. The zero-order valence-corrected chi connectivity index (χ0v) is 18.7. The van der Waals surface area contributed by atoms with Crippen LogP contribution in [0.2, 0.25) is 5.02 Å². The molecule has 3 aromatic rings. The van der Waals surface area contributed by atoms with Crippen LogP contribution >= 0.6 is 23.4 Å². The molecule has 0 saturated carbocycles. The van der Waals surface area contributed by atoms with Crippen LogP contribution < -0.4 is 0 Å². The molecule has 1 aliphatic rings. The average molecular weight is 448 g/mol. The summed E-state index contributed by atoms with van der Waals surface area (Å²) >= 11 is 7.66. The highest BCUT2D eigenvalue weighted by Gasteiger charge is 2.34. The van der Waals surface area contributed by atoms with Crippen molar-refractivity contribution in [3.05, 3.63) is 97.9 Å². The van der Waals surface area contributed by atoms with Crippen molar-refractivity contribution in [2.24, 2.45) is 5.11 Å². The van der Waals surface area contributed by atoms with Crippen LogP contribution in [0.1, 0.15) is 58.2 Å². The molecule has 5 nitrogen and oxygen atoms in total. The predicted octanol–water partition coefficient (Wildman–Crippen LogP) is 7.51. The third-order valence-electron chi connectivity index (χ3n) is 5.18. The summed E-state index contributed by atoms with van der Waals surface area (Å²) in [5.41, 5.74) is 11.5. The molecule has 0 saturated heterocycles. The third-order valence-corrected chi connectivity index (χ3v) is 6.58. The minimum atomic E-state index is -0.287. The predicted molar refractivity (Wildman–Crippen MR) is 123 cm³/mol. The van der Waals surface area contributed by atoms with E-state index in [0.29, 0.717) is 16.0 Å². The second-order valence-electron chi connectivity index (χ2n) is 8.23. The monoisotopic (exact) mass is 447 g/mol. The van der Waals surface area contributed by atoms with E-state index in [0.717, 1.165) is 4.90 Å². The fraction of sp³-hybridized carbons (Fsp3) is 0.167. The Kier molecular flexibility index (Phi) is 5.40. The number of halogens is 1. The summed E-state index contributed by atoms with van der Waals surface area (Å²) < 4.78 is 0. The maximum Gasteiger partial charge on any atom is 0.195 e. The van der Waals surface area contributed by atoms with Crippen LogP contribution in [0.25, 0.3) is 10.4 Å². The summed E-state index contributed by atoms with van der Waals surface area (Å²) in [5, 5.41) is 3.88. The second-order valence-corrected chi connectivity index (χ2v) is 9.72. The van der Waals surface area contributed by atoms with Gasteiger partial charge in [-0.3, -0.25) is 9.59 Å². The number of carbonyl (C=O) groups is 2. The molecule has 0 amide bonds. The van der Waals surface area contributed by atoms with Crippen LogP contribution in [0.15, 0.2) is 69.5 Å². The van der Waals surface area contributed by atoms with Crippen molar-refractivity contribution in [2.45, 2.75) is 36.0 Å². The number of benzene rings is 3. The highest BCUT2D eigenvalue weighted by molar-refractivity contribution is 7.99. The van der Waals surface area contributed by atoms with Crippen LogP contribution in [0, 0.1) is 0 Å². The Bertz CT molecular complexity index is 1290. The van der Waals surface area contributed by atoms with Crippen LogP contribution in [0.5, 0.6) is 0 Å². The van der Waals surface area contributed by atoms with Gasteiger partial charge in [0.2, 0.25) is 0 Å². The third kappa shape index (κ3) is 3.74. The number of carbonyl (C=O) groups excluding carboxylic acids is 2. The molecule has 4 rings (SSSR count). The summed E-state index contributed by atoms with van der Waals surface area (Å²) in [7, 11) is 0. The van der Waals surface area contributed by atoms with Gasteiger partial charge in [-0.25, -0.2) is 0 Å². The highest BCUT2D eigenvalue weighted by Crippen LogP contribution is 2.46. The number of hydrogen-bond donors (Lipinski definition) is 0. The minimum absolute atomic E-state index is 0.000767. The summed E-state index contributed by atoms with van der Waals surface area (Å²) in [6.45, 7) is 6.39. The van der Waals surface area contributed by atoms with E-state index in [2.05, 4.69) is 30.8 Å². The molecule has 0 aromatic heterocycles.